The van der Waals surface area contributed by atoms with Crippen molar-refractivity contribution in [3.05, 3.63) is 63.2 Å². The Bertz CT molecular complexity index is 1040. The highest BCUT2D eigenvalue weighted by atomic mass is 127. The van der Waals surface area contributed by atoms with Gasteiger partial charge in [0, 0.05) is 3.57 Å². The lowest BCUT2D eigenvalue weighted by Gasteiger charge is -2.22. The highest BCUT2D eigenvalue weighted by Gasteiger charge is 2.32. The van der Waals surface area contributed by atoms with Gasteiger partial charge in [-0.1, -0.05) is 18.2 Å². The number of carbonyl (C=O) groups excluding carboxylic acids is 1. The van der Waals surface area contributed by atoms with Crippen molar-refractivity contribution in [2.45, 2.75) is 13.1 Å². The van der Waals surface area contributed by atoms with E-state index in [0.29, 0.717) is 16.1 Å². The largest absolute Gasteiger partial charge is 0.416 e. The fraction of sp³-hybridized carbons (Fsp3) is 0.222. The zero-order valence-electron chi connectivity index (χ0n) is 15.4. The van der Waals surface area contributed by atoms with Gasteiger partial charge in [-0.3, -0.25) is 9.10 Å². The Hall–Kier alpha value is -2.15. The lowest BCUT2D eigenvalue weighted by atomic mass is 10.1. The molecule has 0 spiro atoms. The monoisotopic (exact) mass is 539 g/mol. The molecule has 2 rings (SSSR count). The van der Waals surface area contributed by atoms with E-state index in [2.05, 4.69) is 33.1 Å². The van der Waals surface area contributed by atoms with Crippen molar-refractivity contribution in [2.24, 2.45) is 5.10 Å². The predicted octanol–water partition coefficient (Wildman–Crippen LogP) is 3.62. The van der Waals surface area contributed by atoms with E-state index in [9.17, 15) is 26.4 Å². The second-order valence-corrected chi connectivity index (χ2v) is 9.21. The Labute approximate surface area is 180 Å². The Morgan fingerprint density at radius 2 is 1.83 bits per heavy atom. The van der Waals surface area contributed by atoms with Crippen LogP contribution in [0.1, 0.15) is 18.1 Å². The van der Waals surface area contributed by atoms with Crippen LogP contribution < -0.4 is 9.73 Å². The summed E-state index contributed by atoms with van der Waals surface area (Å²) in [7, 11) is -4.02. The molecule has 0 aliphatic heterocycles. The molecule has 2 aromatic rings. The number of anilines is 1. The summed E-state index contributed by atoms with van der Waals surface area (Å²) in [5, 5.41) is 3.93. The van der Waals surface area contributed by atoms with Crippen molar-refractivity contribution in [3.63, 3.8) is 0 Å². The van der Waals surface area contributed by atoms with Gasteiger partial charge in [0.1, 0.15) is 6.54 Å². The van der Waals surface area contributed by atoms with Crippen molar-refractivity contribution in [2.75, 3.05) is 17.1 Å². The lowest BCUT2D eigenvalue weighted by molar-refractivity contribution is -0.137. The first kappa shape index (κ1) is 23.1. The second kappa shape index (κ2) is 9.11. The summed E-state index contributed by atoms with van der Waals surface area (Å²) < 4.78 is 64.4. The van der Waals surface area contributed by atoms with Crippen molar-refractivity contribution < 1.29 is 26.4 Å². The maximum atomic E-state index is 12.9. The normalized spacial score (nSPS) is 12.6. The van der Waals surface area contributed by atoms with Crippen LogP contribution in [-0.4, -0.2) is 32.8 Å². The number of nitrogens with zero attached hydrogens (tertiary/aromatic N) is 2. The molecule has 0 saturated heterocycles. The van der Waals surface area contributed by atoms with E-state index in [4.69, 9.17) is 0 Å². The Morgan fingerprint density at radius 3 is 2.41 bits per heavy atom. The number of nitrogens with one attached hydrogen (secondary N) is 1. The molecule has 0 aromatic heterocycles. The maximum absolute atomic E-state index is 12.9. The van der Waals surface area contributed by atoms with Gasteiger partial charge in [0.05, 0.1) is 23.2 Å². The summed E-state index contributed by atoms with van der Waals surface area (Å²) in [6.45, 7) is 0.941. The lowest BCUT2D eigenvalue weighted by Crippen LogP contribution is -2.39. The van der Waals surface area contributed by atoms with E-state index in [0.717, 1.165) is 27.5 Å². The van der Waals surface area contributed by atoms with Gasteiger partial charge in [0.25, 0.3) is 5.91 Å². The highest BCUT2D eigenvalue weighted by molar-refractivity contribution is 14.1. The molecule has 6 nitrogen and oxygen atoms in total. The minimum Gasteiger partial charge on any atom is -0.271 e. The molecule has 1 N–H and O–H groups in total. The fourth-order valence-corrected chi connectivity index (χ4v) is 3.72. The molecule has 0 heterocycles. The minimum atomic E-state index is -4.64. The molecule has 11 heteroatoms. The van der Waals surface area contributed by atoms with Crippen molar-refractivity contribution in [1.29, 1.82) is 0 Å². The molecular weight excluding hydrogens is 522 g/mol. The number of hydrogen-bond donors (Lipinski definition) is 1. The molecule has 0 unspecified atom stereocenters. The molecule has 2 aromatic carbocycles. The van der Waals surface area contributed by atoms with Crippen LogP contribution in [-0.2, 0) is 21.0 Å². The molecule has 29 heavy (non-hydrogen) atoms. The van der Waals surface area contributed by atoms with E-state index in [1.165, 1.54) is 6.07 Å². The van der Waals surface area contributed by atoms with Crippen LogP contribution in [0.2, 0.25) is 0 Å². The number of benzene rings is 2. The van der Waals surface area contributed by atoms with Crippen LogP contribution in [0, 0.1) is 3.57 Å². The molecule has 0 aliphatic rings. The summed E-state index contributed by atoms with van der Waals surface area (Å²) in [5.41, 5.74) is 2.20. The van der Waals surface area contributed by atoms with Gasteiger partial charge < -0.3 is 0 Å². The summed E-state index contributed by atoms with van der Waals surface area (Å²) in [5.74, 6) is -0.794. The Balaban J connectivity index is 2.21. The first-order valence-corrected chi connectivity index (χ1v) is 11.0. The van der Waals surface area contributed by atoms with Gasteiger partial charge in [0.15, 0.2) is 0 Å². The SMILES string of the molecule is C/C(=N/NC(=O)CN(c1cccc(C(F)(F)F)c1)S(C)(=O)=O)c1cccc(I)c1. The van der Waals surface area contributed by atoms with Gasteiger partial charge >= 0.3 is 6.18 Å². The summed E-state index contributed by atoms with van der Waals surface area (Å²) in [6.07, 6.45) is -3.84. The number of halogens is 4. The minimum absolute atomic E-state index is 0.268. The molecule has 0 aliphatic carbocycles. The number of sulfonamides is 1. The zero-order chi connectivity index (χ0) is 21.8. The summed E-state index contributed by atoms with van der Waals surface area (Å²) in [6, 6.07) is 11.1. The fourth-order valence-electron chi connectivity index (χ4n) is 2.33. The third-order valence-corrected chi connectivity index (χ3v) is 5.55. The van der Waals surface area contributed by atoms with E-state index >= 15 is 0 Å². The molecular formula is C18H17F3IN3O3S. The standard InChI is InChI=1S/C18H17F3IN3O3S/c1-12(13-5-3-7-15(22)9-13)23-24-17(26)11-25(29(2,27)28)16-8-4-6-14(10-16)18(19,20)21/h3-10H,11H2,1-2H3,(H,24,26)/b23-12-. The number of alkyl halides is 3. The van der Waals surface area contributed by atoms with Gasteiger partial charge in [-0.2, -0.15) is 18.3 Å². The van der Waals surface area contributed by atoms with Crippen LogP contribution in [0.3, 0.4) is 0 Å². The van der Waals surface area contributed by atoms with Crippen LogP contribution >= 0.6 is 22.6 Å². The number of hydrazone groups is 1. The van der Waals surface area contributed by atoms with E-state index in [-0.39, 0.29) is 5.69 Å². The van der Waals surface area contributed by atoms with Crippen LogP contribution in [0.25, 0.3) is 0 Å². The number of amides is 1. The quantitative estimate of drug-likeness (QED) is 0.346. The van der Waals surface area contributed by atoms with E-state index in [1.807, 2.05) is 18.2 Å². The van der Waals surface area contributed by atoms with E-state index < -0.39 is 34.2 Å². The van der Waals surface area contributed by atoms with Gasteiger partial charge in [0.2, 0.25) is 10.0 Å². The van der Waals surface area contributed by atoms with Gasteiger partial charge in [-0.05, 0) is 65.4 Å². The van der Waals surface area contributed by atoms with Crippen LogP contribution in [0.5, 0.6) is 0 Å². The summed E-state index contributed by atoms with van der Waals surface area (Å²) >= 11 is 2.12. The zero-order valence-corrected chi connectivity index (χ0v) is 18.3. The van der Waals surface area contributed by atoms with Crippen LogP contribution in [0.15, 0.2) is 53.6 Å². The smallest absolute Gasteiger partial charge is 0.271 e. The molecule has 0 fully saturated rings. The molecule has 1 amide bonds. The second-order valence-electron chi connectivity index (χ2n) is 6.06. The van der Waals surface area contributed by atoms with E-state index in [1.54, 1.807) is 13.0 Å². The molecule has 0 bridgehead atoms. The Kier molecular flexibility index (Phi) is 7.27. The van der Waals surface area contributed by atoms with Crippen molar-refractivity contribution >= 4 is 49.9 Å². The van der Waals surface area contributed by atoms with Crippen molar-refractivity contribution in [3.8, 4) is 0 Å². The average molecular weight is 539 g/mol. The van der Waals surface area contributed by atoms with Gasteiger partial charge in [-0.15, -0.1) is 0 Å². The Morgan fingerprint density at radius 1 is 1.17 bits per heavy atom. The van der Waals surface area contributed by atoms with Crippen molar-refractivity contribution in [1.82, 2.24) is 5.43 Å². The first-order valence-electron chi connectivity index (χ1n) is 8.12. The third kappa shape index (κ3) is 6.70. The molecule has 0 atom stereocenters. The molecule has 0 radical (unpaired) electrons. The summed E-state index contributed by atoms with van der Waals surface area (Å²) in [4.78, 5) is 12.2. The average Bonchev–Trinajstić information content (AvgIpc) is 2.62. The van der Waals surface area contributed by atoms with Gasteiger partial charge in [-0.25, -0.2) is 13.8 Å². The maximum Gasteiger partial charge on any atom is 0.416 e. The highest BCUT2D eigenvalue weighted by Crippen LogP contribution is 2.32. The molecule has 0 saturated carbocycles. The first-order chi connectivity index (χ1) is 13.4. The number of hydrogen-bond acceptors (Lipinski definition) is 4. The number of rotatable bonds is 6. The molecule has 156 valence electrons. The topological polar surface area (TPSA) is 78.8 Å². The third-order valence-electron chi connectivity index (χ3n) is 3.74. The number of carbonyl (C=O) groups is 1. The predicted molar refractivity (Wildman–Crippen MR) is 113 cm³/mol. The van der Waals surface area contributed by atoms with Crippen LogP contribution in [0.4, 0.5) is 18.9 Å².